The average molecular weight is 329 g/mol. The van der Waals surface area contributed by atoms with Crippen molar-refractivity contribution in [3.05, 3.63) is 68.7 Å². The highest BCUT2D eigenvalue weighted by atomic mass is 35.5. The molecule has 0 aliphatic heterocycles. The van der Waals surface area contributed by atoms with Crippen LogP contribution in [0.25, 0.3) is 0 Å². The van der Waals surface area contributed by atoms with Crippen LogP contribution in [0.4, 0.5) is 0 Å². The van der Waals surface area contributed by atoms with Crippen molar-refractivity contribution in [1.82, 2.24) is 5.32 Å². The summed E-state index contributed by atoms with van der Waals surface area (Å²) in [5.74, 6) is 0. The van der Waals surface area contributed by atoms with Gasteiger partial charge >= 0.3 is 0 Å². The van der Waals surface area contributed by atoms with Crippen molar-refractivity contribution in [3.63, 3.8) is 0 Å². The highest BCUT2D eigenvalue weighted by Crippen LogP contribution is 2.27. The zero-order chi connectivity index (χ0) is 14.5. The first-order valence-electron chi connectivity index (χ1n) is 6.45. The van der Waals surface area contributed by atoms with E-state index < -0.39 is 0 Å². The summed E-state index contributed by atoms with van der Waals surface area (Å²) in [5, 5.41) is 5.34. The van der Waals surface area contributed by atoms with Crippen LogP contribution in [0.15, 0.2) is 42.5 Å². The van der Waals surface area contributed by atoms with E-state index in [1.807, 2.05) is 43.4 Å². The van der Waals surface area contributed by atoms with E-state index in [2.05, 4.69) is 5.32 Å². The molecule has 0 fully saturated rings. The van der Waals surface area contributed by atoms with E-state index in [0.29, 0.717) is 10.0 Å². The molecule has 0 saturated heterocycles. The van der Waals surface area contributed by atoms with Crippen molar-refractivity contribution in [2.75, 3.05) is 7.05 Å². The summed E-state index contributed by atoms with van der Waals surface area (Å²) in [5.41, 5.74) is 2.18. The minimum Gasteiger partial charge on any atom is -0.316 e. The number of likely N-dealkylation sites (N-methyl/N-ethyl adjacent to an activating group) is 1. The van der Waals surface area contributed by atoms with Gasteiger partial charge in [-0.2, -0.15) is 0 Å². The van der Waals surface area contributed by atoms with Crippen LogP contribution in [-0.2, 0) is 12.8 Å². The molecule has 0 radical (unpaired) electrons. The van der Waals surface area contributed by atoms with E-state index in [1.165, 1.54) is 0 Å². The molecule has 0 heterocycles. The normalized spacial score (nSPS) is 12.4. The van der Waals surface area contributed by atoms with Crippen molar-refractivity contribution in [1.29, 1.82) is 0 Å². The molecule has 1 unspecified atom stereocenters. The summed E-state index contributed by atoms with van der Waals surface area (Å²) in [6, 6.07) is 13.9. The molecule has 4 heteroatoms. The fourth-order valence-electron chi connectivity index (χ4n) is 2.18. The quantitative estimate of drug-likeness (QED) is 0.812. The maximum absolute atomic E-state index is 6.24. The van der Waals surface area contributed by atoms with Crippen molar-refractivity contribution in [2.45, 2.75) is 18.9 Å². The standard InChI is InChI=1S/C16H16Cl3N/c1-20-13(9-11-5-2-3-7-14(11)17)10-12-6-4-8-15(18)16(12)19/h2-8,13,20H,9-10H2,1H3. The maximum Gasteiger partial charge on any atom is 0.0624 e. The molecule has 1 N–H and O–H groups in total. The number of nitrogens with one attached hydrogen (secondary N) is 1. The molecule has 1 nitrogen and oxygen atoms in total. The van der Waals surface area contributed by atoms with Gasteiger partial charge in [0.1, 0.15) is 0 Å². The van der Waals surface area contributed by atoms with Gasteiger partial charge in [0.25, 0.3) is 0 Å². The first kappa shape index (κ1) is 15.7. The maximum atomic E-state index is 6.24. The van der Waals surface area contributed by atoms with Crippen molar-refractivity contribution in [2.24, 2.45) is 0 Å². The van der Waals surface area contributed by atoms with Gasteiger partial charge < -0.3 is 5.32 Å². The fraction of sp³-hybridized carbons (Fsp3) is 0.250. The second kappa shape index (κ2) is 7.33. The van der Waals surface area contributed by atoms with Gasteiger partial charge in [0.05, 0.1) is 10.0 Å². The molecular formula is C16H16Cl3N. The first-order valence-corrected chi connectivity index (χ1v) is 7.58. The second-order valence-electron chi connectivity index (χ2n) is 4.70. The number of halogens is 3. The fourth-order valence-corrected chi connectivity index (χ4v) is 2.79. The van der Waals surface area contributed by atoms with Crippen LogP contribution >= 0.6 is 34.8 Å². The molecule has 106 valence electrons. The number of benzene rings is 2. The monoisotopic (exact) mass is 327 g/mol. The molecule has 0 aromatic heterocycles. The zero-order valence-corrected chi connectivity index (χ0v) is 13.4. The number of hydrogen-bond acceptors (Lipinski definition) is 1. The van der Waals surface area contributed by atoms with E-state index in [4.69, 9.17) is 34.8 Å². The van der Waals surface area contributed by atoms with Crippen molar-refractivity contribution >= 4 is 34.8 Å². The number of rotatable bonds is 5. The topological polar surface area (TPSA) is 12.0 Å². The summed E-state index contributed by atoms with van der Waals surface area (Å²) < 4.78 is 0. The second-order valence-corrected chi connectivity index (χ2v) is 5.89. The Morgan fingerprint density at radius 3 is 2.15 bits per heavy atom. The molecule has 0 saturated carbocycles. The molecule has 0 aliphatic rings. The first-order chi connectivity index (χ1) is 9.61. The molecular weight excluding hydrogens is 313 g/mol. The van der Waals surface area contributed by atoms with Crippen molar-refractivity contribution in [3.8, 4) is 0 Å². The molecule has 2 aromatic carbocycles. The van der Waals surface area contributed by atoms with Crippen LogP contribution in [0.2, 0.25) is 15.1 Å². The Balaban J connectivity index is 2.14. The Morgan fingerprint density at radius 1 is 0.850 bits per heavy atom. The lowest BCUT2D eigenvalue weighted by atomic mass is 9.99. The van der Waals surface area contributed by atoms with Gasteiger partial charge in [0, 0.05) is 11.1 Å². The largest absolute Gasteiger partial charge is 0.316 e. The predicted octanol–water partition coefficient (Wildman–Crippen LogP) is 5.02. The molecule has 0 spiro atoms. The Labute approximate surface area is 134 Å². The highest BCUT2D eigenvalue weighted by Gasteiger charge is 2.13. The van der Waals surface area contributed by atoms with Gasteiger partial charge in [0.2, 0.25) is 0 Å². The molecule has 2 aromatic rings. The molecule has 2 rings (SSSR count). The molecule has 0 bridgehead atoms. The van der Waals surface area contributed by atoms with Gasteiger partial charge in [0.15, 0.2) is 0 Å². The molecule has 1 atom stereocenters. The van der Waals surface area contributed by atoms with Crippen LogP contribution in [0.3, 0.4) is 0 Å². The lowest BCUT2D eigenvalue weighted by Gasteiger charge is -2.18. The lowest BCUT2D eigenvalue weighted by Crippen LogP contribution is -2.30. The summed E-state index contributed by atoms with van der Waals surface area (Å²) in [4.78, 5) is 0. The third-order valence-electron chi connectivity index (χ3n) is 3.33. The van der Waals surface area contributed by atoms with Gasteiger partial charge in [-0.25, -0.2) is 0 Å². The van der Waals surface area contributed by atoms with Crippen LogP contribution in [0.1, 0.15) is 11.1 Å². The van der Waals surface area contributed by atoms with Gasteiger partial charge in [-0.1, -0.05) is 65.1 Å². The van der Waals surface area contributed by atoms with E-state index in [9.17, 15) is 0 Å². The van der Waals surface area contributed by atoms with Crippen LogP contribution in [0, 0.1) is 0 Å². The average Bonchev–Trinajstić information content (AvgIpc) is 2.45. The smallest absolute Gasteiger partial charge is 0.0624 e. The summed E-state index contributed by atoms with van der Waals surface area (Å²) in [6.07, 6.45) is 1.65. The molecule has 0 amide bonds. The van der Waals surface area contributed by atoms with Crippen LogP contribution in [-0.4, -0.2) is 13.1 Å². The lowest BCUT2D eigenvalue weighted by molar-refractivity contribution is 0.556. The molecule has 0 aliphatic carbocycles. The molecule has 20 heavy (non-hydrogen) atoms. The third-order valence-corrected chi connectivity index (χ3v) is 4.56. The van der Waals surface area contributed by atoms with Crippen LogP contribution < -0.4 is 5.32 Å². The minimum atomic E-state index is 0.255. The minimum absolute atomic E-state index is 0.255. The Bertz CT molecular complexity index is 584. The van der Waals surface area contributed by atoms with Gasteiger partial charge in [-0.15, -0.1) is 0 Å². The van der Waals surface area contributed by atoms with Crippen molar-refractivity contribution < 1.29 is 0 Å². The summed E-state index contributed by atoms with van der Waals surface area (Å²) >= 11 is 18.5. The van der Waals surface area contributed by atoms with E-state index in [0.717, 1.165) is 29.0 Å². The van der Waals surface area contributed by atoms with Gasteiger partial charge in [-0.3, -0.25) is 0 Å². The Morgan fingerprint density at radius 2 is 1.45 bits per heavy atom. The van der Waals surface area contributed by atoms with E-state index in [1.54, 1.807) is 6.07 Å². The summed E-state index contributed by atoms with van der Waals surface area (Å²) in [7, 11) is 1.94. The third kappa shape index (κ3) is 3.89. The van der Waals surface area contributed by atoms with Gasteiger partial charge in [-0.05, 0) is 43.1 Å². The van der Waals surface area contributed by atoms with E-state index in [-0.39, 0.29) is 6.04 Å². The number of hydrogen-bond donors (Lipinski definition) is 1. The summed E-state index contributed by atoms with van der Waals surface area (Å²) in [6.45, 7) is 0. The highest BCUT2D eigenvalue weighted by molar-refractivity contribution is 6.42. The van der Waals surface area contributed by atoms with Crippen LogP contribution in [0.5, 0.6) is 0 Å². The predicted molar refractivity (Wildman–Crippen MR) is 88.2 cm³/mol. The Hall–Kier alpha value is -0.730. The SMILES string of the molecule is CNC(Cc1ccccc1Cl)Cc1cccc(Cl)c1Cl. The van der Waals surface area contributed by atoms with E-state index >= 15 is 0 Å². The zero-order valence-electron chi connectivity index (χ0n) is 11.2. The Kier molecular flexibility index (Phi) is 5.74.